The van der Waals surface area contributed by atoms with Gasteiger partial charge in [0.25, 0.3) is 0 Å². The highest BCUT2D eigenvalue weighted by atomic mass is 35.5. The number of para-hydroxylation sites is 1. The number of carboxylic acids is 1. The van der Waals surface area contributed by atoms with E-state index in [0.29, 0.717) is 17.2 Å². The van der Waals surface area contributed by atoms with Crippen molar-refractivity contribution in [1.82, 2.24) is 10.2 Å². The fraction of sp³-hybridized carbons (Fsp3) is 0.269. The van der Waals surface area contributed by atoms with Crippen molar-refractivity contribution in [1.29, 1.82) is 0 Å². The number of nitrogens with zero attached hydrogens (tertiary/aromatic N) is 1. The van der Waals surface area contributed by atoms with E-state index in [0.717, 1.165) is 31.7 Å². The van der Waals surface area contributed by atoms with Crippen LogP contribution < -0.4 is 5.32 Å². The zero-order valence-corrected chi connectivity index (χ0v) is 22.5. The van der Waals surface area contributed by atoms with Gasteiger partial charge in [-0.15, -0.1) is 46.5 Å². The number of β-lactam (4-membered cyclic amide) rings is 1. The van der Waals surface area contributed by atoms with E-state index in [4.69, 9.17) is 16.0 Å². The van der Waals surface area contributed by atoms with Gasteiger partial charge >= 0.3 is 5.97 Å². The number of hydrogen-bond donors (Lipinski definition) is 2. The van der Waals surface area contributed by atoms with Gasteiger partial charge in [0, 0.05) is 38.4 Å². The maximum atomic E-state index is 12.9. The lowest BCUT2D eigenvalue weighted by Crippen LogP contribution is -2.74. The van der Waals surface area contributed by atoms with E-state index in [1.54, 1.807) is 4.90 Å². The molecule has 190 valence electrons. The Balaban J connectivity index is 1.19. The molecule has 2 fully saturated rings. The van der Waals surface area contributed by atoms with Crippen LogP contribution in [0.25, 0.3) is 21.9 Å². The molecule has 2 aromatic heterocycles. The van der Waals surface area contributed by atoms with Crippen molar-refractivity contribution in [3.05, 3.63) is 64.4 Å². The minimum atomic E-state index is -1.22. The Morgan fingerprint density at radius 3 is 2.84 bits per heavy atom. The average Bonchev–Trinajstić information content (AvgIpc) is 3.54. The molecule has 2 aromatic carbocycles. The number of furan rings is 1. The Kier molecular flexibility index (Phi) is 6.38. The number of halogens is 1. The topological polar surface area (TPSA) is 99.9 Å². The van der Waals surface area contributed by atoms with E-state index >= 15 is 0 Å². The van der Waals surface area contributed by atoms with Crippen LogP contribution in [0.15, 0.2) is 63.2 Å². The number of thioether (sulfide) groups is 2. The van der Waals surface area contributed by atoms with Gasteiger partial charge in [-0.25, -0.2) is 0 Å². The highest BCUT2D eigenvalue weighted by Gasteiger charge is 2.58. The Morgan fingerprint density at radius 1 is 1.22 bits per heavy atom. The summed E-state index contributed by atoms with van der Waals surface area (Å²) >= 11 is 10.2. The summed E-state index contributed by atoms with van der Waals surface area (Å²) in [6.07, 6.45) is 0.227. The maximum absolute atomic E-state index is 12.9. The standard InChI is InChI=1S/C26H21ClN2O5S3/c27-11-14-3-1-5-18-17-7-6-16(9-19(17)34-22(14)18)37-26(25(32)33)12-29-23(31)21(24(29)36-13-26)28-20(30)10-15-4-2-8-35-15/h1-9,21,24H,10-13H2,(H,28,30)(H,32,33)/t21-,24-,26?/m1/s1. The van der Waals surface area contributed by atoms with Crippen LogP contribution in [0.4, 0.5) is 0 Å². The molecule has 7 nitrogen and oxygen atoms in total. The molecule has 0 spiro atoms. The number of alkyl halides is 1. The molecule has 2 N–H and O–H groups in total. The number of hydrogen-bond acceptors (Lipinski definition) is 7. The van der Waals surface area contributed by atoms with Crippen molar-refractivity contribution >= 4 is 86.2 Å². The van der Waals surface area contributed by atoms with Crippen molar-refractivity contribution in [2.75, 3.05) is 12.3 Å². The van der Waals surface area contributed by atoms with Gasteiger partial charge in [-0.3, -0.25) is 14.4 Å². The molecule has 2 saturated heterocycles. The first-order valence-corrected chi connectivity index (χ1v) is 14.8. The lowest BCUT2D eigenvalue weighted by molar-refractivity contribution is -0.152. The molecule has 2 amide bonds. The van der Waals surface area contributed by atoms with Gasteiger partial charge in [-0.1, -0.05) is 24.3 Å². The zero-order valence-electron chi connectivity index (χ0n) is 19.3. The molecule has 2 aliphatic rings. The first kappa shape index (κ1) is 24.7. The van der Waals surface area contributed by atoms with Gasteiger partial charge in [-0.05, 0) is 29.6 Å². The van der Waals surface area contributed by atoms with E-state index in [-0.39, 0.29) is 30.2 Å². The van der Waals surface area contributed by atoms with Crippen LogP contribution in [0, 0.1) is 0 Å². The first-order valence-electron chi connectivity index (χ1n) is 11.5. The number of rotatable bonds is 7. The number of nitrogens with one attached hydrogen (secondary N) is 1. The number of benzene rings is 2. The third kappa shape index (κ3) is 4.29. The van der Waals surface area contributed by atoms with E-state index in [9.17, 15) is 19.5 Å². The third-order valence-corrected chi connectivity index (χ3v) is 10.9. The van der Waals surface area contributed by atoms with Crippen LogP contribution in [-0.2, 0) is 26.7 Å². The van der Waals surface area contributed by atoms with Crippen molar-refractivity contribution < 1.29 is 23.9 Å². The minimum absolute atomic E-state index is 0.0648. The average molecular weight is 573 g/mol. The molecule has 2 aliphatic heterocycles. The van der Waals surface area contributed by atoms with Gasteiger partial charge in [0.1, 0.15) is 27.3 Å². The Bertz CT molecular complexity index is 1540. The van der Waals surface area contributed by atoms with Gasteiger partial charge in [0.05, 0.1) is 12.3 Å². The number of carbonyl (C=O) groups excluding carboxylic acids is 2. The van der Waals surface area contributed by atoms with E-state index < -0.39 is 16.8 Å². The second-order valence-electron chi connectivity index (χ2n) is 9.06. The molecule has 11 heteroatoms. The molecule has 37 heavy (non-hydrogen) atoms. The number of aliphatic carboxylic acids is 1. The highest BCUT2D eigenvalue weighted by molar-refractivity contribution is 8.05. The lowest BCUT2D eigenvalue weighted by Gasteiger charge is -2.53. The van der Waals surface area contributed by atoms with E-state index in [1.165, 1.54) is 34.9 Å². The molecule has 6 rings (SSSR count). The molecule has 0 radical (unpaired) electrons. The number of carbonyl (C=O) groups is 3. The van der Waals surface area contributed by atoms with Gasteiger partial charge in [-0.2, -0.15) is 0 Å². The first-order chi connectivity index (χ1) is 17.9. The van der Waals surface area contributed by atoms with Crippen LogP contribution in [-0.4, -0.2) is 56.3 Å². The normalized spacial score (nSPS) is 23.2. The van der Waals surface area contributed by atoms with Crippen LogP contribution in [0.5, 0.6) is 0 Å². The van der Waals surface area contributed by atoms with Crippen molar-refractivity contribution in [3.8, 4) is 0 Å². The van der Waals surface area contributed by atoms with Crippen LogP contribution in [0.2, 0.25) is 0 Å². The van der Waals surface area contributed by atoms with Crippen LogP contribution in [0.1, 0.15) is 10.4 Å². The predicted molar refractivity (Wildman–Crippen MR) is 147 cm³/mol. The summed E-state index contributed by atoms with van der Waals surface area (Å²) in [6.45, 7) is 0.0648. The fourth-order valence-corrected chi connectivity index (χ4v) is 8.60. The zero-order chi connectivity index (χ0) is 25.7. The number of fused-ring (bicyclic) bond motifs is 4. The van der Waals surface area contributed by atoms with Crippen molar-refractivity contribution in [3.63, 3.8) is 0 Å². The molecule has 3 atom stereocenters. The summed E-state index contributed by atoms with van der Waals surface area (Å²) in [6, 6.07) is 14.7. The number of thiophene rings is 1. The second-order valence-corrected chi connectivity index (χ2v) is 12.9. The van der Waals surface area contributed by atoms with E-state index in [2.05, 4.69) is 5.32 Å². The Labute approximate surface area is 229 Å². The maximum Gasteiger partial charge on any atom is 0.322 e. The molecule has 1 unspecified atom stereocenters. The smallest absolute Gasteiger partial charge is 0.322 e. The number of carboxylic acid groups (broad SMARTS) is 1. The molecule has 0 bridgehead atoms. The summed E-state index contributed by atoms with van der Waals surface area (Å²) in [5.41, 5.74) is 2.29. The summed E-state index contributed by atoms with van der Waals surface area (Å²) in [5.74, 6) is -0.798. The minimum Gasteiger partial charge on any atom is -0.480 e. The van der Waals surface area contributed by atoms with Crippen LogP contribution >= 0.6 is 46.5 Å². The third-order valence-electron chi connectivity index (χ3n) is 6.68. The quantitative estimate of drug-likeness (QED) is 0.239. The van der Waals surface area contributed by atoms with Gasteiger partial charge < -0.3 is 19.7 Å². The van der Waals surface area contributed by atoms with Gasteiger partial charge in [0.2, 0.25) is 11.8 Å². The Morgan fingerprint density at radius 2 is 2.08 bits per heavy atom. The van der Waals surface area contributed by atoms with Gasteiger partial charge in [0.15, 0.2) is 0 Å². The highest BCUT2D eigenvalue weighted by Crippen LogP contribution is 2.47. The summed E-state index contributed by atoms with van der Waals surface area (Å²) in [7, 11) is 0. The molecular weight excluding hydrogens is 552 g/mol. The van der Waals surface area contributed by atoms with Crippen molar-refractivity contribution in [2.24, 2.45) is 0 Å². The molecule has 4 heterocycles. The summed E-state index contributed by atoms with van der Waals surface area (Å²) in [4.78, 5) is 41.1. The monoisotopic (exact) mass is 572 g/mol. The summed E-state index contributed by atoms with van der Waals surface area (Å²) < 4.78 is 4.88. The van der Waals surface area contributed by atoms with Crippen LogP contribution in [0.3, 0.4) is 0 Å². The molecule has 4 aromatic rings. The summed E-state index contributed by atoms with van der Waals surface area (Å²) in [5, 5.41) is 16.6. The predicted octanol–water partition coefficient (Wildman–Crippen LogP) is 4.94. The Hall–Kier alpha value is -2.66. The molecule has 0 aliphatic carbocycles. The SMILES string of the molecule is O=C(Cc1cccs1)N[C@@H]1C(=O)N2CC(Sc3ccc4c(c3)oc3c(CCl)cccc34)(C(=O)O)CS[C@H]12. The van der Waals surface area contributed by atoms with Crippen molar-refractivity contribution in [2.45, 2.75) is 33.4 Å². The molecule has 0 saturated carbocycles. The second kappa shape index (κ2) is 9.58. The van der Waals surface area contributed by atoms with E-state index in [1.807, 2.05) is 53.9 Å². The largest absolute Gasteiger partial charge is 0.480 e. The fourth-order valence-electron chi connectivity index (χ4n) is 4.81. The molecular formula is C26H21ClN2O5S3. The lowest BCUT2D eigenvalue weighted by atomic mass is 10.0. The number of amides is 2.